The smallest absolute Gasteiger partial charge is 0.233 e. The summed E-state index contributed by atoms with van der Waals surface area (Å²) in [4.78, 5) is 18.7. The van der Waals surface area contributed by atoms with Crippen LogP contribution in [0.2, 0.25) is 0 Å². The Balaban J connectivity index is 1.82. The summed E-state index contributed by atoms with van der Waals surface area (Å²) in [5.41, 5.74) is 0.544. The van der Waals surface area contributed by atoms with Crippen LogP contribution in [0.25, 0.3) is 0 Å². The molecule has 2 aromatic heterocycles. The largest absolute Gasteiger partial charge is 0.424 e. The molecule has 130 valence electrons. The molecule has 0 aliphatic carbocycles. The Hall–Kier alpha value is -1.80. The topological polar surface area (TPSA) is 84.2 Å². The second-order valence-electron chi connectivity index (χ2n) is 6.34. The van der Waals surface area contributed by atoms with Crippen LogP contribution in [0.5, 0.6) is 0 Å². The minimum Gasteiger partial charge on any atom is -0.424 e. The van der Waals surface area contributed by atoms with E-state index >= 15 is 0 Å². The maximum Gasteiger partial charge on any atom is 0.233 e. The molecule has 7 nitrogen and oxygen atoms in total. The zero-order chi connectivity index (χ0) is 17.3. The van der Waals surface area contributed by atoms with Crippen molar-refractivity contribution in [3.63, 3.8) is 0 Å². The van der Waals surface area contributed by atoms with Gasteiger partial charge < -0.3 is 9.73 Å². The van der Waals surface area contributed by atoms with Gasteiger partial charge in [-0.2, -0.15) is 0 Å². The Morgan fingerprint density at radius 2 is 2.33 bits per heavy atom. The van der Waals surface area contributed by atoms with E-state index in [-0.39, 0.29) is 11.9 Å². The number of amides is 1. The molecular weight excluding hydrogens is 326 g/mol. The molecule has 1 amide bonds. The van der Waals surface area contributed by atoms with Crippen molar-refractivity contribution in [1.82, 2.24) is 25.4 Å². The first-order valence-corrected chi connectivity index (χ1v) is 9.09. The molecule has 24 heavy (non-hydrogen) atoms. The predicted molar refractivity (Wildman–Crippen MR) is 90.6 cm³/mol. The molecule has 0 spiro atoms. The molecule has 1 aliphatic rings. The highest BCUT2D eigenvalue weighted by atomic mass is 32.1. The second-order valence-corrected chi connectivity index (χ2v) is 7.20. The Bertz CT molecular complexity index is 728. The van der Waals surface area contributed by atoms with Crippen molar-refractivity contribution in [2.75, 3.05) is 13.1 Å². The Labute approximate surface area is 145 Å². The lowest BCUT2D eigenvalue weighted by Gasteiger charge is -2.29. The van der Waals surface area contributed by atoms with Crippen LogP contribution in [0, 0.1) is 6.92 Å². The standard InChI is InChI=1S/C16H23N5O2S/c1-5-13-19-20-14(23-13)11(3)21-7-6-16(9-21,18-12(4)22)15-17-10(2)8-24-15/h8,11H,5-7,9H2,1-4H3,(H,18,22). The summed E-state index contributed by atoms with van der Waals surface area (Å²) in [6, 6.07) is 0.00879. The van der Waals surface area contributed by atoms with Crippen molar-refractivity contribution < 1.29 is 9.21 Å². The summed E-state index contributed by atoms with van der Waals surface area (Å²) < 4.78 is 5.70. The minimum absolute atomic E-state index is 0.00879. The van der Waals surface area contributed by atoms with Gasteiger partial charge in [-0.1, -0.05) is 6.92 Å². The lowest BCUT2D eigenvalue weighted by atomic mass is 9.99. The van der Waals surface area contributed by atoms with E-state index in [4.69, 9.17) is 4.42 Å². The van der Waals surface area contributed by atoms with E-state index in [0.717, 1.165) is 30.1 Å². The number of rotatable bonds is 5. The predicted octanol–water partition coefficient (Wildman–Crippen LogP) is 2.20. The van der Waals surface area contributed by atoms with Gasteiger partial charge in [0.1, 0.15) is 10.5 Å². The number of nitrogens with zero attached hydrogens (tertiary/aromatic N) is 4. The quantitative estimate of drug-likeness (QED) is 0.891. The number of thiazole rings is 1. The number of likely N-dealkylation sites (tertiary alicyclic amines) is 1. The summed E-state index contributed by atoms with van der Waals surface area (Å²) in [6.45, 7) is 9.10. The number of carbonyl (C=O) groups is 1. The molecule has 2 aromatic rings. The zero-order valence-electron chi connectivity index (χ0n) is 14.5. The molecule has 1 aliphatic heterocycles. The van der Waals surface area contributed by atoms with Gasteiger partial charge in [-0.05, 0) is 20.3 Å². The molecule has 0 aromatic carbocycles. The van der Waals surface area contributed by atoms with Crippen molar-refractivity contribution in [2.24, 2.45) is 0 Å². The Morgan fingerprint density at radius 3 is 2.92 bits per heavy atom. The first-order valence-electron chi connectivity index (χ1n) is 8.21. The highest BCUT2D eigenvalue weighted by Gasteiger charge is 2.44. The molecule has 3 heterocycles. The molecule has 8 heteroatoms. The second kappa shape index (κ2) is 6.60. The highest BCUT2D eigenvalue weighted by molar-refractivity contribution is 7.09. The number of carbonyl (C=O) groups excluding carboxylic acids is 1. The van der Waals surface area contributed by atoms with Gasteiger partial charge in [0.05, 0.1) is 6.04 Å². The van der Waals surface area contributed by atoms with E-state index in [9.17, 15) is 4.79 Å². The minimum atomic E-state index is -0.438. The van der Waals surface area contributed by atoms with Crippen LogP contribution in [0.1, 0.15) is 55.7 Å². The molecule has 1 fully saturated rings. The molecule has 2 atom stereocenters. The van der Waals surface area contributed by atoms with Crippen LogP contribution in [0.4, 0.5) is 0 Å². The van der Waals surface area contributed by atoms with Crippen LogP contribution in [0.3, 0.4) is 0 Å². The normalized spacial score (nSPS) is 22.7. The third-order valence-electron chi connectivity index (χ3n) is 4.43. The number of nitrogens with one attached hydrogen (secondary N) is 1. The van der Waals surface area contributed by atoms with Crippen molar-refractivity contribution in [2.45, 2.75) is 52.1 Å². The summed E-state index contributed by atoms with van der Waals surface area (Å²) in [7, 11) is 0. The molecule has 0 radical (unpaired) electrons. The molecule has 1 saturated heterocycles. The van der Waals surface area contributed by atoms with Crippen molar-refractivity contribution in [3.05, 3.63) is 27.9 Å². The average Bonchev–Trinajstić information content (AvgIpc) is 3.25. The van der Waals surface area contributed by atoms with Gasteiger partial charge in [0.15, 0.2) is 0 Å². The van der Waals surface area contributed by atoms with Gasteiger partial charge in [-0.3, -0.25) is 9.69 Å². The van der Waals surface area contributed by atoms with Crippen LogP contribution >= 0.6 is 11.3 Å². The fraction of sp³-hybridized carbons (Fsp3) is 0.625. The number of aryl methyl sites for hydroxylation is 2. The third kappa shape index (κ3) is 3.21. The van der Waals surface area contributed by atoms with Crippen molar-refractivity contribution in [1.29, 1.82) is 0 Å². The fourth-order valence-electron chi connectivity index (χ4n) is 3.15. The van der Waals surface area contributed by atoms with E-state index in [1.54, 1.807) is 18.3 Å². The number of hydrogen-bond acceptors (Lipinski definition) is 7. The monoisotopic (exact) mass is 349 g/mol. The van der Waals surface area contributed by atoms with Crippen LogP contribution < -0.4 is 5.32 Å². The lowest BCUT2D eigenvalue weighted by Crippen LogP contribution is -2.47. The van der Waals surface area contributed by atoms with E-state index < -0.39 is 5.54 Å². The lowest BCUT2D eigenvalue weighted by molar-refractivity contribution is -0.120. The summed E-state index contributed by atoms with van der Waals surface area (Å²) in [5.74, 6) is 1.24. The maximum absolute atomic E-state index is 11.8. The SMILES string of the molecule is CCc1nnc(C(C)N2CCC(NC(C)=O)(c3nc(C)cs3)C2)o1. The van der Waals surface area contributed by atoms with Crippen molar-refractivity contribution >= 4 is 17.2 Å². The maximum atomic E-state index is 11.8. The number of hydrogen-bond donors (Lipinski definition) is 1. The number of aromatic nitrogens is 3. The molecule has 1 N–H and O–H groups in total. The van der Waals surface area contributed by atoms with Gasteiger partial charge >= 0.3 is 0 Å². The molecule has 2 unspecified atom stereocenters. The van der Waals surface area contributed by atoms with E-state index in [1.165, 1.54) is 0 Å². The van der Waals surface area contributed by atoms with Gasteiger partial charge in [0.2, 0.25) is 17.7 Å². The summed E-state index contributed by atoms with van der Waals surface area (Å²) in [5, 5.41) is 14.3. The molecule has 0 saturated carbocycles. The Kier molecular flexibility index (Phi) is 4.69. The van der Waals surface area contributed by atoms with Gasteiger partial charge in [0, 0.05) is 37.5 Å². The Morgan fingerprint density at radius 1 is 1.54 bits per heavy atom. The molecular formula is C16H23N5O2S. The molecule has 0 bridgehead atoms. The summed E-state index contributed by atoms with van der Waals surface area (Å²) >= 11 is 1.60. The van der Waals surface area contributed by atoms with E-state index in [1.807, 2.05) is 19.2 Å². The van der Waals surface area contributed by atoms with Crippen LogP contribution in [0.15, 0.2) is 9.80 Å². The van der Waals surface area contributed by atoms with Crippen LogP contribution in [-0.2, 0) is 16.8 Å². The zero-order valence-corrected chi connectivity index (χ0v) is 15.3. The van der Waals surface area contributed by atoms with Crippen LogP contribution in [-0.4, -0.2) is 39.1 Å². The highest BCUT2D eigenvalue weighted by Crippen LogP contribution is 2.37. The van der Waals surface area contributed by atoms with E-state index in [0.29, 0.717) is 18.3 Å². The third-order valence-corrected chi connectivity index (χ3v) is 5.60. The molecule has 3 rings (SSSR count). The van der Waals surface area contributed by atoms with Gasteiger partial charge in [0.25, 0.3) is 0 Å². The first-order chi connectivity index (χ1) is 11.4. The van der Waals surface area contributed by atoms with E-state index in [2.05, 4.69) is 32.3 Å². The first kappa shape index (κ1) is 17.0. The van der Waals surface area contributed by atoms with Crippen molar-refractivity contribution in [3.8, 4) is 0 Å². The summed E-state index contributed by atoms with van der Waals surface area (Å²) in [6.07, 6.45) is 1.55. The average molecular weight is 349 g/mol. The fourth-order valence-corrected chi connectivity index (χ4v) is 4.12. The van der Waals surface area contributed by atoms with Gasteiger partial charge in [-0.15, -0.1) is 21.5 Å². The van der Waals surface area contributed by atoms with Gasteiger partial charge in [-0.25, -0.2) is 4.98 Å².